The molecule has 12 rings (SSSR count). The van der Waals surface area contributed by atoms with Crippen molar-refractivity contribution < 1.29 is 0 Å². The lowest BCUT2D eigenvalue weighted by atomic mass is 9.92. The molecular formula is C75H121N15. The molecule has 4 unspecified atom stereocenters. The summed E-state index contributed by atoms with van der Waals surface area (Å²) in [4.78, 5) is 0. The summed E-state index contributed by atoms with van der Waals surface area (Å²) < 4.78 is 13.0. The number of nitrogens with zero attached hydrogens (tertiary/aromatic N) is 9. The van der Waals surface area contributed by atoms with E-state index in [0.717, 1.165) is 89.9 Å². The zero-order valence-corrected chi connectivity index (χ0v) is 57.7. The molecule has 6 aromatic rings. The van der Waals surface area contributed by atoms with Crippen LogP contribution < -0.4 is 34.4 Å². The minimum atomic E-state index is 0.342. The maximum Gasteiger partial charge on any atom is 0.0528 e. The van der Waals surface area contributed by atoms with Crippen molar-refractivity contribution in [2.45, 2.75) is 295 Å². The van der Waals surface area contributed by atoms with Crippen molar-refractivity contribution in [1.82, 2.24) is 43.0 Å². The molecule has 0 bridgehead atoms. The van der Waals surface area contributed by atoms with Crippen molar-refractivity contribution in [2.75, 3.05) is 0 Å². The van der Waals surface area contributed by atoms with Crippen molar-refractivity contribution in [3.8, 4) is 0 Å². The molecule has 6 heterocycles. The third-order valence-corrected chi connectivity index (χ3v) is 19.2. The fourth-order valence-electron chi connectivity index (χ4n) is 12.3. The van der Waals surface area contributed by atoms with E-state index in [-0.39, 0.29) is 0 Å². The van der Waals surface area contributed by atoms with E-state index in [0.29, 0.717) is 83.8 Å². The average molecular weight is 1230 g/mol. The highest BCUT2D eigenvalue weighted by atomic mass is 15.3. The molecule has 0 spiro atoms. The molecule has 6 aliphatic carbocycles. The van der Waals surface area contributed by atoms with Gasteiger partial charge in [0.2, 0.25) is 0 Å². The summed E-state index contributed by atoms with van der Waals surface area (Å²) in [6.45, 7) is 26.6. The first-order valence-electron chi connectivity index (χ1n) is 35.0. The summed E-state index contributed by atoms with van der Waals surface area (Å²) in [5.74, 6) is 3.52. The van der Waals surface area contributed by atoms with Gasteiger partial charge in [-0.3, -0.25) is 4.68 Å². The van der Waals surface area contributed by atoms with Crippen LogP contribution in [0.5, 0.6) is 0 Å². The predicted molar refractivity (Wildman–Crippen MR) is 380 cm³/mol. The second kappa shape index (κ2) is 35.3. The van der Waals surface area contributed by atoms with Gasteiger partial charge in [0.1, 0.15) is 0 Å². The molecular weight excluding hydrogens is 1110 g/mol. The van der Waals surface area contributed by atoms with E-state index in [1.807, 2.05) is 28.0 Å². The van der Waals surface area contributed by atoms with Crippen LogP contribution in [0.1, 0.15) is 292 Å². The summed E-state index contributed by atoms with van der Waals surface area (Å²) in [6, 6.07) is 10.2. The van der Waals surface area contributed by atoms with Crippen LogP contribution in [-0.4, -0.2) is 79.3 Å². The lowest BCUT2D eigenvalue weighted by Crippen LogP contribution is -2.27. The second-order valence-corrected chi connectivity index (χ2v) is 28.8. The van der Waals surface area contributed by atoms with Crippen LogP contribution >= 0.6 is 0 Å². The molecule has 2 fully saturated rings. The van der Waals surface area contributed by atoms with E-state index in [9.17, 15) is 0 Å². The molecule has 2 saturated carbocycles. The monoisotopic (exact) mass is 1230 g/mol. The minimum absolute atomic E-state index is 0.342. The maximum absolute atomic E-state index is 5.92. The molecule has 0 amide bonds. The van der Waals surface area contributed by atoms with Crippen LogP contribution in [0.4, 0.5) is 0 Å². The number of allylic oxidation sites excluding steroid dienone is 4. The maximum atomic E-state index is 5.92. The molecule has 0 radical (unpaired) electrons. The topological polar surface area (TPSA) is 224 Å². The van der Waals surface area contributed by atoms with Crippen LogP contribution in [0.2, 0.25) is 0 Å². The molecule has 90 heavy (non-hydrogen) atoms. The zero-order valence-electron chi connectivity index (χ0n) is 57.7. The van der Waals surface area contributed by atoms with Crippen LogP contribution in [0.15, 0.2) is 117 Å². The minimum Gasteiger partial charge on any atom is -0.351 e. The molecule has 0 saturated heterocycles. The molecule has 15 heteroatoms. The Bertz CT molecular complexity index is 2790. The Labute approximate surface area is 543 Å². The van der Waals surface area contributed by atoms with Crippen molar-refractivity contribution in [2.24, 2.45) is 34.4 Å². The Morgan fingerprint density at radius 1 is 0.322 bits per heavy atom. The van der Waals surface area contributed by atoms with Crippen LogP contribution in [0.3, 0.4) is 0 Å². The Morgan fingerprint density at radius 3 is 0.956 bits per heavy atom. The summed E-state index contributed by atoms with van der Waals surface area (Å²) in [7, 11) is 0. The lowest BCUT2D eigenvalue weighted by Gasteiger charge is -2.27. The number of hydrogen-bond donors (Lipinski definition) is 6. The quantitative estimate of drug-likeness (QED) is 0.0684. The van der Waals surface area contributed by atoms with Gasteiger partial charge in [-0.2, -0.15) is 15.3 Å². The van der Waals surface area contributed by atoms with Gasteiger partial charge in [0.05, 0.1) is 24.6 Å². The number of rotatable bonds is 12. The molecule has 4 atom stereocenters. The smallest absolute Gasteiger partial charge is 0.0528 e. The highest BCUT2D eigenvalue weighted by Crippen LogP contribution is 2.32. The first-order chi connectivity index (χ1) is 43.0. The van der Waals surface area contributed by atoms with Gasteiger partial charge in [0, 0.05) is 121 Å². The Balaban J connectivity index is 0.000000154. The third kappa shape index (κ3) is 22.2. The van der Waals surface area contributed by atoms with Crippen molar-refractivity contribution >= 4 is 22.8 Å². The predicted octanol–water partition coefficient (Wildman–Crippen LogP) is 16.1. The van der Waals surface area contributed by atoms with Gasteiger partial charge >= 0.3 is 0 Å². The molecule has 12 N–H and O–H groups in total. The summed E-state index contributed by atoms with van der Waals surface area (Å²) in [6.07, 6.45) is 56.9. The summed E-state index contributed by atoms with van der Waals surface area (Å²) >= 11 is 0. The van der Waals surface area contributed by atoms with Crippen LogP contribution in [-0.2, 0) is 0 Å². The van der Waals surface area contributed by atoms with E-state index in [4.69, 9.17) is 34.4 Å². The molecule has 0 aliphatic heterocycles. The lowest BCUT2D eigenvalue weighted by molar-refractivity contribution is 0.304. The van der Waals surface area contributed by atoms with Gasteiger partial charge in [-0.1, -0.05) is 107 Å². The highest BCUT2D eigenvalue weighted by Gasteiger charge is 2.23. The molecule has 6 aromatic heterocycles. The SMILES string of the molecule is CC(C)c1ccn(C2=CCC(N)CC2)c1.CC(C)c1ccn(C2=CCC(N)CC2)c1.CC(C)c1ccn(C2CCC(N)CC2)c1.CC(C)c1cnn(C2=CCC(N)CC2)c1.CC(C)c1cnn(C2=CCC(N)CC2)c1.CC(C)c1cnn(C2CCC(N)CC2)c1. The zero-order chi connectivity index (χ0) is 65.0. The molecule has 6 aliphatic rings. The fraction of sp³-hybridized carbons (Fsp3) is 0.613. The Morgan fingerprint density at radius 2 is 0.644 bits per heavy atom. The van der Waals surface area contributed by atoms with Crippen molar-refractivity contribution in [3.05, 3.63) is 150 Å². The number of hydrogen-bond acceptors (Lipinski definition) is 9. The van der Waals surface area contributed by atoms with E-state index >= 15 is 0 Å². The van der Waals surface area contributed by atoms with Gasteiger partial charge in [-0.15, -0.1) is 0 Å². The normalized spacial score (nSPS) is 23.6. The standard InChI is InChI=1S/C13H22N2.2C13H20N2.C12H21N3.2C12H19N3/c3*1-10(2)11-7-8-15(9-11)13-5-3-12(14)4-6-13;3*1-9(2)10-7-14-15(8-10)12-5-3-11(13)4-6-12/h7-10,12-13H,3-6,14H2,1-2H3;2*5,7-10,12H,3-4,6,14H2,1-2H3;7-9,11-12H,3-6,13H2,1-2H3;2*5,7-9,11H,3-4,6,13H2,1-2H3. The van der Waals surface area contributed by atoms with E-state index in [1.54, 1.807) is 0 Å². The molecule has 496 valence electrons. The average Bonchev–Trinajstić information content (AvgIpc) is 4.54. The summed E-state index contributed by atoms with van der Waals surface area (Å²) in [5.41, 5.74) is 48.9. The van der Waals surface area contributed by atoms with Gasteiger partial charge in [-0.05, 0) is 216 Å². The highest BCUT2D eigenvalue weighted by molar-refractivity contribution is 5.50. The largest absolute Gasteiger partial charge is 0.351 e. The van der Waals surface area contributed by atoms with Crippen molar-refractivity contribution in [3.63, 3.8) is 0 Å². The van der Waals surface area contributed by atoms with Crippen LogP contribution in [0, 0.1) is 0 Å². The first kappa shape index (κ1) is 71.6. The van der Waals surface area contributed by atoms with E-state index < -0.39 is 0 Å². The van der Waals surface area contributed by atoms with E-state index in [2.05, 4.69) is 215 Å². The first-order valence-corrected chi connectivity index (χ1v) is 35.0. The molecule has 15 nitrogen and oxygen atoms in total. The summed E-state index contributed by atoms with van der Waals surface area (Å²) in [5, 5.41) is 13.2. The van der Waals surface area contributed by atoms with Gasteiger partial charge < -0.3 is 48.1 Å². The molecule has 0 aromatic carbocycles. The van der Waals surface area contributed by atoms with Gasteiger partial charge in [0.15, 0.2) is 0 Å². The van der Waals surface area contributed by atoms with Gasteiger partial charge in [-0.25, -0.2) is 9.36 Å². The second-order valence-electron chi connectivity index (χ2n) is 28.8. The van der Waals surface area contributed by atoms with Gasteiger partial charge in [0.25, 0.3) is 0 Å². The fourth-order valence-corrected chi connectivity index (χ4v) is 12.3. The van der Waals surface area contributed by atoms with Crippen molar-refractivity contribution in [1.29, 1.82) is 0 Å². The third-order valence-electron chi connectivity index (χ3n) is 19.2. The number of nitrogens with two attached hydrogens (primary N) is 6. The number of aromatic nitrogens is 9. The Kier molecular flexibility index (Phi) is 28.1. The Hall–Kier alpha value is -5.81. The van der Waals surface area contributed by atoms with Crippen LogP contribution in [0.25, 0.3) is 22.8 Å². The van der Waals surface area contributed by atoms with E-state index in [1.165, 1.54) is 94.7 Å².